The van der Waals surface area contributed by atoms with Crippen LogP contribution in [0.3, 0.4) is 0 Å². The van der Waals surface area contributed by atoms with Gasteiger partial charge in [-0.15, -0.1) is 0 Å². The summed E-state index contributed by atoms with van der Waals surface area (Å²) in [5, 5.41) is 13.3. The Hall–Kier alpha value is -3.33. The fourth-order valence-corrected chi connectivity index (χ4v) is 2.94. The SMILES string of the molecule is O=C(O)c1ccc2cc(OCc3ccc4ccccc4c3)ccc2c1. The third-order valence-electron chi connectivity index (χ3n) is 4.28. The molecule has 0 atom stereocenters. The Bertz CT molecular complexity index is 1080. The Kier molecular flexibility index (Phi) is 3.82. The first-order valence-corrected chi connectivity index (χ1v) is 8.07. The Morgan fingerprint density at radius 3 is 2.28 bits per heavy atom. The highest BCUT2D eigenvalue weighted by molar-refractivity contribution is 5.94. The molecule has 0 aromatic heterocycles. The zero-order valence-corrected chi connectivity index (χ0v) is 13.5. The van der Waals surface area contributed by atoms with Crippen molar-refractivity contribution in [2.24, 2.45) is 0 Å². The van der Waals surface area contributed by atoms with Gasteiger partial charge in [-0.3, -0.25) is 0 Å². The maximum absolute atomic E-state index is 11.0. The minimum absolute atomic E-state index is 0.289. The van der Waals surface area contributed by atoms with Crippen LogP contribution in [0.15, 0.2) is 78.9 Å². The first-order chi connectivity index (χ1) is 12.2. The number of fused-ring (bicyclic) bond motifs is 2. The number of carboxylic acids is 1. The van der Waals surface area contributed by atoms with Crippen molar-refractivity contribution >= 4 is 27.5 Å². The molecular weight excluding hydrogens is 312 g/mol. The Labute approximate surface area is 145 Å². The van der Waals surface area contributed by atoms with Crippen LogP contribution in [-0.2, 0) is 6.61 Å². The van der Waals surface area contributed by atoms with Crippen molar-refractivity contribution < 1.29 is 14.6 Å². The number of hydrogen-bond donors (Lipinski definition) is 1. The Morgan fingerprint density at radius 1 is 0.760 bits per heavy atom. The van der Waals surface area contributed by atoms with E-state index in [1.807, 2.05) is 36.4 Å². The van der Waals surface area contributed by atoms with Crippen molar-refractivity contribution in [3.8, 4) is 5.75 Å². The second kappa shape index (κ2) is 6.29. The fourth-order valence-electron chi connectivity index (χ4n) is 2.94. The maximum Gasteiger partial charge on any atom is 0.335 e. The molecule has 3 heteroatoms. The smallest absolute Gasteiger partial charge is 0.335 e. The van der Waals surface area contributed by atoms with Crippen molar-refractivity contribution in [2.45, 2.75) is 6.61 Å². The van der Waals surface area contributed by atoms with Crippen molar-refractivity contribution in [3.05, 3.63) is 90.0 Å². The number of hydrogen-bond acceptors (Lipinski definition) is 2. The third-order valence-corrected chi connectivity index (χ3v) is 4.28. The van der Waals surface area contributed by atoms with Crippen LogP contribution < -0.4 is 4.74 Å². The van der Waals surface area contributed by atoms with Crippen LogP contribution in [0.1, 0.15) is 15.9 Å². The van der Waals surface area contributed by atoms with E-state index >= 15 is 0 Å². The van der Waals surface area contributed by atoms with E-state index in [-0.39, 0.29) is 5.56 Å². The van der Waals surface area contributed by atoms with E-state index in [9.17, 15) is 4.79 Å². The van der Waals surface area contributed by atoms with Crippen molar-refractivity contribution in [2.75, 3.05) is 0 Å². The first kappa shape index (κ1) is 15.2. The minimum Gasteiger partial charge on any atom is -0.489 e. The van der Waals surface area contributed by atoms with Gasteiger partial charge in [0.05, 0.1) is 5.56 Å². The summed E-state index contributed by atoms with van der Waals surface area (Å²) in [5.74, 6) is -0.151. The predicted octanol–water partition coefficient (Wildman–Crippen LogP) is 5.27. The number of carbonyl (C=O) groups is 1. The molecule has 25 heavy (non-hydrogen) atoms. The molecule has 0 unspecified atom stereocenters. The molecule has 0 radical (unpaired) electrons. The molecule has 0 spiro atoms. The van der Waals surface area contributed by atoms with Gasteiger partial charge in [0.2, 0.25) is 0 Å². The van der Waals surface area contributed by atoms with Crippen molar-refractivity contribution in [1.29, 1.82) is 0 Å². The van der Waals surface area contributed by atoms with Gasteiger partial charge in [0, 0.05) is 0 Å². The minimum atomic E-state index is -0.918. The average Bonchev–Trinajstić information content (AvgIpc) is 2.65. The first-order valence-electron chi connectivity index (χ1n) is 8.07. The molecule has 0 bridgehead atoms. The summed E-state index contributed by atoms with van der Waals surface area (Å²) in [7, 11) is 0. The summed E-state index contributed by atoms with van der Waals surface area (Å²) in [4.78, 5) is 11.0. The lowest BCUT2D eigenvalue weighted by Crippen LogP contribution is -1.96. The number of aromatic carboxylic acids is 1. The molecule has 0 saturated carbocycles. The largest absolute Gasteiger partial charge is 0.489 e. The van der Waals surface area contributed by atoms with Gasteiger partial charge in [0.1, 0.15) is 12.4 Å². The topological polar surface area (TPSA) is 46.5 Å². The van der Waals surface area contributed by atoms with Gasteiger partial charge in [0.15, 0.2) is 0 Å². The average molecular weight is 328 g/mol. The summed E-state index contributed by atoms with van der Waals surface area (Å²) in [6.45, 7) is 0.490. The van der Waals surface area contributed by atoms with Gasteiger partial charge < -0.3 is 9.84 Å². The fraction of sp³-hybridized carbons (Fsp3) is 0.0455. The van der Waals surface area contributed by atoms with Gasteiger partial charge in [-0.1, -0.05) is 48.5 Å². The van der Waals surface area contributed by atoms with E-state index in [0.717, 1.165) is 22.1 Å². The van der Waals surface area contributed by atoms with Crippen LogP contribution in [-0.4, -0.2) is 11.1 Å². The molecule has 4 rings (SSSR count). The van der Waals surface area contributed by atoms with Crippen LogP contribution >= 0.6 is 0 Å². The molecule has 4 aromatic rings. The second-order valence-electron chi connectivity index (χ2n) is 6.00. The molecule has 0 aliphatic carbocycles. The maximum atomic E-state index is 11.0. The summed E-state index contributed by atoms with van der Waals surface area (Å²) in [6.07, 6.45) is 0. The summed E-state index contributed by atoms with van der Waals surface area (Å²) < 4.78 is 5.91. The molecule has 0 fully saturated rings. The normalized spacial score (nSPS) is 10.9. The number of rotatable bonds is 4. The summed E-state index contributed by atoms with van der Waals surface area (Å²) in [6, 6.07) is 25.3. The molecule has 3 nitrogen and oxygen atoms in total. The molecule has 0 saturated heterocycles. The molecule has 0 amide bonds. The van der Waals surface area contributed by atoms with Gasteiger partial charge >= 0.3 is 5.97 Å². The van der Waals surface area contributed by atoms with Crippen LogP contribution in [0, 0.1) is 0 Å². The molecular formula is C22H16O3. The highest BCUT2D eigenvalue weighted by Crippen LogP contribution is 2.23. The summed E-state index contributed by atoms with van der Waals surface area (Å²) >= 11 is 0. The molecule has 122 valence electrons. The van der Waals surface area contributed by atoms with Crippen LogP contribution in [0.5, 0.6) is 5.75 Å². The van der Waals surface area contributed by atoms with Crippen molar-refractivity contribution in [3.63, 3.8) is 0 Å². The van der Waals surface area contributed by atoms with Gasteiger partial charge in [0.25, 0.3) is 0 Å². The van der Waals surface area contributed by atoms with Crippen LogP contribution in [0.25, 0.3) is 21.5 Å². The van der Waals surface area contributed by atoms with E-state index in [1.165, 1.54) is 10.8 Å². The lowest BCUT2D eigenvalue weighted by Gasteiger charge is -2.09. The quantitative estimate of drug-likeness (QED) is 0.555. The van der Waals surface area contributed by atoms with Crippen LogP contribution in [0.4, 0.5) is 0 Å². The highest BCUT2D eigenvalue weighted by Gasteiger charge is 2.05. The van der Waals surface area contributed by atoms with Gasteiger partial charge in [-0.25, -0.2) is 4.79 Å². The Morgan fingerprint density at radius 2 is 1.44 bits per heavy atom. The number of ether oxygens (including phenoxy) is 1. The zero-order valence-electron chi connectivity index (χ0n) is 13.5. The second-order valence-corrected chi connectivity index (χ2v) is 6.00. The van der Waals surface area contributed by atoms with E-state index in [4.69, 9.17) is 9.84 Å². The third kappa shape index (κ3) is 3.17. The number of carboxylic acid groups (broad SMARTS) is 1. The molecule has 0 heterocycles. The monoisotopic (exact) mass is 328 g/mol. The molecule has 0 aliphatic heterocycles. The molecule has 0 aliphatic rings. The predicted molar refractivity (Wildman–Crippen MR) is 99.2 cm³/mol. The molecule has 4 aromatic carbocycles. The summed E-state index contributed by atoms with van der Waals surface area (Å²) in [5.41, 5.74) is 1.40. The van der Waals surface area contributed by atoms with Crippen molar-refractivity contribution in [1.82, 2.24) is 0 Å². The lowest BCUT2D eigenvalue weighted by atomic mass is 10.1. The van der Waals surface area contributed by atoms with E-state index in [2.05, 4.69) is 30.3 Å². The van der Waals surface area contributed by atoms with E-state index < -0.39 is 5.97 Å². The Balaban J connectivity index is 1.55. The standard InChI is InChI=1S/C22H16O3/c23-22(24)20-8-7-19-13-21(10-9-18(19)12-20)25-14-15-5-6-16-3-1-2-4-17(16)11-15/h1-13H,14H2,(H,23,24). The van der Waals surface area contributed by atoms with E-state index in [1.54, 1.807) is 12.1 Å². The molecule has 1 N–H and O–H groups in total. The van der Waals surface area contributed by atoms with Gasteiger partial charge in [-0.05, 0) is 57.4 Å². The number of benzene rings is 4. The van der Waals surface area contributed by atoms with Gasteiger partial charge in [-0.2, -0.15) is 0 Å². The van der Waals surface area contributed by atoms with Crippen LogP contribution in [0.2, 0.25) is 0 Å². The lowest BCUT2D eigenvalue weighted by molar-refractivity contribution is 0.0697. The highest BCUT2D eigenvalue weighted by atomic mass is 16.5. The van der Waals surface area contributed by atoms with E-state index in [0.29, 0.717) is 6.61 Å². The zero-order chi connectivity index (χ0) is 17.2.